The Bertz CT molecular complexity index is 3800. The number of ether oxygens (including phenoxy) is 3. The number of alkyl halides is 9. The Kier molecular flexibility index (Phi) is 17.1. The molecular formula is C68H86F9N15O4. The van der Waals surface area contributed by atoms with Crippen molar-refractivity contribution in [2.45, 2.75) is 165 Å². The van der Waals surface area contributed by atoms with Crippen molar-refractivity contribution in [2.24, 2.45) is 40.9 Å². The molecule has 4 aliphatic heterocycles. The smallest absolute Gasteiger partial charge is 0.402 e. The Balaban J connectivity index is 0.000000124. The average Bonchev–Trinajstić information content (AvgIpc) is 1.53. The summed E-state index contributed by atoms with van der Waals surface area (Å²) in [4.78, 5) is 19.1. The predicted octanol–water partition coefficient (Wildman–Crippen LogP) is 11.9. The number of likely N-dealkylation sites (tertiary alicyclic amines) is 2. The van der Waals surface area contributed by atoms with Gasteiger partial charge in [-0.2, -0.15) is 41.6 Å². The molecule has 3 unspecified atom stereocenters. The first kappa shape index (κ1) is 66.6. The van der Waals surface area contributed by atoms with Crippen LogP contribution in [0.5, 0.6) is 5.75 Å². The lowest BCUT2D eigenvalue weighted by molar-refractivity contribution is -0.274. The third kappa shape index (κ3) is 12.5. The number of hydrogen-bond acceptors (Lipinski definition) is 16. The molecule has 6 aromatic heterocycles. The van der Waals surface area contributed by atoms with Gasteiger partial charge in [0.15, 0.2) is 11.6 Å². The van der Waals surface area contributed by atoms with E-state index in [1.807, 2.05) is 46.1 Å². The molecule has 10 aliphatic rings. The molecule has 2 spiro atoms. The normalized spacial score (nSPS) is 29.0. The first-order valence-electron chi connectivity index (χ1n) is 34.0. The summed E-state index contributed by atoms with van der Waals surface area (Å²) in [6.45, 7) is 22.3. The first-order chi connectivity index (χ1) is 45.5. The summed E-state index contributed by atoms with van der Waals surface area (Å²) in [5.74, 6) is 3.24. The molecule has 0 aromatic carbocycles. The number of aromatic nitrogens is 9. The van der Waals surface area contributed by atoms with Crippen LogP contribution >= 0.6 is 0 Å². The van der Waals surface area contributed by atoms with E-state index >= 15 is 0 Å². The molecule has 19 nitrogen and oxygen atoms in total. The summed E-state index contributed by atoms with van der Waals surface area (Å²) in [6.07, 6.45) is -0.375. The number of nitrogens with zero attached hydrogens (tertiary/aromatic N) is 12. The molecule has 0 bridgehead atoms. The minimum atomic E-state index is -4.83. The van der Waals surface area contributed by atoms with Crippen molar-refractivity contribution in [3.8, 4) is 39.5 Å². The topological polar surface area (TPSA) is 228 Å². The molecule has 16 rings (SSSR count). The van der Waals surface area contributed by atoms with E-state index in [2.05, 4.69) is 67.2 Å². The van der Waals surface area contributed by atoms with Crippen molar-refractivity contribution in [3.05, 3.63) is 83.2 Å². The van der Waals surface area contributed by atoms with Gasteiger partial charge in [-0.05, 0) is 170 Å². The van der Waals surface area contributed by atoms with E-state index in [0.717, 1.165) is 94.8 Å². The quantitative estimate of drug-likeness (QED) is 0.0701. The zero-order chi connectivity index (χ0) is 67.9. The maximum absolute atomic E-state index is 13.3. The number of nitrogens with two attached hydrogens (primary N) is 3. The zero-order valence-electron chi connectivity index (χ0n) is 54.9. The van der Waals surface area contributed by atoms with Crippen molar-refractivity contribution < 1.29 is 58.8 Å². The largest absolute Gasteiger partial charge is 0.573 e. The van der Waals surface area contributed by atoms with Gasteiger partial charge in [-0.3, -0.25) is 23.8 Å². The molecule has 28 heteroatoms. The van der Waals surface area contributed by atoms with Crippen LogP contribution in [0.2, 0.25) is 0 Å². The van der Waals surface area contributed by atoms with Crippen LogP contribution < -0.4 is 21.9 Å². The average molecular weight is 1350 g/mol. The Morgan fingerprint density at radius 1 is 0.583 bits per heavy atom. The zero-order valence-corrected chi connectivity index (χ0v) is 54.9. The molecule has 0 amide bonds. The molecule has 10 fully saturated rings. The van der Waals surface area contributed by atoms with Gasteiger partial charge in [-0.1, -0.05) is 0 Å². The molecule has 4 saturated heterocycles. The second kappa shape index (κ2) is 24.7. The second-order valence-corrected chi connectivity index (χ2v) is 29.7. The van der Waals surface area contributed by atoms with Crippen molar-refractivity contribution in [3.63, 3.8) is 0 Å². The van der Waals surface area contributed by atoms with Gasteiger partial charge < -0.3 is 41.4 Å². The van der Waals surface area contributed by atoms with Crippen molar-refractivity contribution in [2.75, 3.05) is 89.5 Å². The minimum Gasteiger partial charge on any atom is -0.402 e. The number of hydrogen-bond donors (Lipinski definition) is 4. The first-order valence-corrected chi connectivity index (χ1v) is 34.0. The maximum Gasteiger partial charge on any atom is 0.573 e. The molecule has 10 heterocycles. The van der Waals surface area contributed by atoms with E-state index in [4.69, 9.17) is 42.0 Å². The molecule has 520 valence electrons. The molecule has 96 heavy (non-hydrogen) atoms. The van der Waals surface area contributed by atoms with E-state index in [0.29, 0.717) is 110 Å². The van der Waals surface area contributed by atoms with Gasteiger partial charge in [-0.15, -0.1) is 13.2 Å². The predicted molar refractivity (Wildman–Crippen MR) is 340 cm³/mol. The highest BCUT2D eigenvalue weighted by Crippen LogP contribution is 2.72. The summed E-state index contributed by atoms with van der Waals surface area (Å²) in [7, 11) is 0. The highest BCUT2D eigenvalue weighted by atomic mass is 19.4. The fourth-order valence-corrected chi connectivity index (χ4v) is 18.2. The summed E-state index contributed by atoms with van der Waals surface area (Å²) < 4.78 is 139. The summed E-state index contributed by atoms with van der Waals surface area (Å²) in [5.41, 5.74) is 21.7. The van der Waals surface area contributed by atoms with E-state index in [-0.39, 0.29) is 30.6 Å². The van der Waals surface area contributed by atoms with Gasteiger partial charge in [0.25, 0.3) is 0 Å². The van der Waals surface area contributed by atoms with E-state index < -0.39 is 47.2 Å². The van der Waals surface area contributed by atoms with Crippen LogP contribution in [0.4, 0.5) is 57.0 Å². The van der Waals surface area contributed by atoms with Gasteiger partial charge in [0.1, 0.15) is 11.6 Å². The van der Waals surface area contributed by atoms with Crippen LogP contribution in [0.3, 0.4) is 0 Å². The summed E-state index contributed by atoms with van der Waals surface area (Å²) in [6, 6.07) is 10.8. The SMILES string of the molecule is CC(C)n1nc(-c2cnc(N)c(C(F)(F)F)c2)cc1C1[C@H]2CC3(C[C@@H]12)CN(CCCO)C3.CC(C)n1nc(-c2cnc(N)c(C(F)(F)F)c2)cc1[C@@H]1[C@H]2CC[C@@H](N3CCOCC3)[C@H]21.CC(C)n1nc(-c2cnc(N)c(OC(F)(F)F)c2)cc1C1[C@H]2CC3(CCN3C3COC3)C[C@@H]12. The van der Waals surface area contributed by atoms with E-state index in [9.17, 15) is 39.5 Å². The number of anilines is 3. The van der Waals surface area contributed by atoms with Crippen molar-refractivity contribution in [1.82, 2.24) is 59.0 Å². The molecule has 6 saturated carbocycles. The lowest BCUT2D eigenvalue weighted by atomic mass is 9.74. The number of rotatable bonds is 15. The molecule has 0 radical (unpaired) electrons. The molecule has 6 aromatic rings. The van der Waals surface area contributed by atoms with Crippen LogP contribution in [0, 0.1) is 40.9 Å². The number of pyridine rings is 3. The molecule has 11 atom stereocenters. The van der Waals surface area contributed by atoms with Gasteiger partial charge in [0.2, 0.25) is 0 Å². The van der Waals surface area contributed by atoms with Gasteiger partial charge in [0, 0.05) is 146 Å². The van der Waals surface area contributed by atoms with Gasteiger partial charge >= 0.3 is 18.7 Å². The van der Waals surface area contributed by atoms with Gasteiger partial charge in [0.05, 0.1) is 60.7 Å². The van der Waals surface area contributed by atoms with Gasteiger partial charge in [-0.25, -0.2) is 15.0 Å². The number of aliphatic hydroxyl groups excluding tert-OH is 1. The van der Waals surface area contributed by atoms with Crippen LogP contribution in [0.15, 0.2) is 55.0 Å². The lowest BCUT2D eigenvalue weighted by Gasteiger charge is -2.57. The highest BCUT2D eigenvalue weighted by Gasteiger charge is 2.68. The fraction of sp³-hybridized carbons (Fsp3) is 0.647. The number of halogens is 9. The second-order valence-electron chi connectivity index (χ2n) is 29.7. The van der Waals surface area contributed by atoms with Crippen LogP contribution in [-0.4, -0.2) is 160 Å². The number of nitrogen functional groups attached to an aromatic ring is 3. The summed E-state index contributed by atoms with van der Waals surface area (Å²) in [5, 5.41) is 23.1. The maximum atomic E-state index is 13.3. The number of aliphatic hydroxyl groups is 1. The molecular weight excluding hydrogens is 1260 g/mol. The van der Waals surface area contributed by atoms with E-state index in [1.165, 1.54) is 76.1 Å². The lowest BCUT2D eigenvalue weighted by Crippen LogP contribution is -2.67. The summed E-state index contributed by atoms with van der Waals surface area (Å²) >= 11 is 0. The monoisotopic (exact) mass is 1350 g/mol. The standard InChI is InChI=1S/C23H28F3N5O2.C23H30F3N5O.C22H28F3N5O/c1-12(2)31-18(6-17(29-31)13-5-19(21(27)28-9-13)33-23(24,25)26)20-15-7-22(8-16(15)20)3-4-30(22)14-10-32-11-14;1-13(2)31-19(7-18(29-31)14-6-17(23(24,25)26)21(27)28-10-14)20-15-8-22(9-16(15)20)11-30(12-22)4-3-5-32;1-12(2)30-18(20-14-3-4-17(19(14)20)29-5-7-31-8-6-29)10-16(28-30)13-9-15(22(23,24)25)21(26)27-11-13/h5-6,9,12,14-16,20H,3-4,7-8,10-11H2,1-2H3,(H2,27,28);6-7,10,13,15-16,20,32H,3-5,8-9,11-12H2,1-2H3,(H2,27,28);9-12,14,17,19-20H,3-8H2,1-2H3,(H2,26,27)/t15-,16+,20?,22?;15-,16+,20?;14-,17+,19-,20-/m..0/s1. The Morgan fingerprint density at radius 2 is 1.05 bits per heavy atom. The van der Waals surface area contributed by atoms with Crippen LogP contribution in [-0.2, 0) is 21.8 Å². The van der Waals surface area contributed by atoms with Crippen molar-refractivity contribution >= 4 is 17.5 Å². The highest BCUT2D eigenvalue weighted by molar-refractivity contribution is 5.66. The molecule has 6 aliphatic carbocycles. The fourth-order valence-electron chi connectivity index (χ4n) is 18.2. The van der Waals surface area contributed by atoms with E-state index in [1.54, 1.807) is 0 Å². The minimum absolute atomic E-state index is 0.121. The third-order valence-corrected chi connectivity index (χ3v) is 22.7. The van der Waals surface area contributed by atoms with Crippen LogP contribution in [0.25, 0.3) is 33.8 Å². The Hall–Kier alpha value is -6.59. The Morgan fingerprint density at radius 3 is 1.48 bits per heavy atom. The number of morpholine rings is 1. The van der Waals surface area contributed by atoms with Crippen LogP contribution in [0.1, 0.15) is 157 Å². The molecule has 7 N–H and O–H groups in total. The third-order valence-electron chi connectivity index (χ3n) is 22.7. The number of fused-ring (bicyclic) bond motifs is 3. The Labute approximate surface area is 551 Å². The van der Waals surface area contributed by atoms with Crippen molar-refractivity contribution in [1.29, 1.82) is 0 Å².